The van der Waals surface area contributed by atoms with Crippen molar-refractivity contribution in [3.63, 3.8) is 0 Å². The molecule has 136 valence electrons. The minimum Gasteiger partial charge on any atom is -0.338 e. The van der Waals surface area contributed by atoms with Gasteiger partial charge in [0.2, 0.25) is 5.82 Å². The highest BCUT2D eigenvalue weighted by molar-refractivity contribution is 5.90. The van der Waals surface area contributed by atoms with Crippen molar-refractivity contribution in [3.8, 4) is 22.6 Å². The number of hydrogen-bond donors (Lipinski definition) is 2. The fraction of sp³-hybridized carbons (Fsp3) is 0.211. The Labute approximate surface area is 155 Å². The van der Waals surface area contributed by atoms with Gasteiger partial charge in [0.25, 0.3) is 0 Å². The number of aromatic amines is 1. The second-order valence-electron chi connectivity index (χ2n) is 6.21. The fourth-order valence-corrected chi connectivity index (χ4v) is 3.02. The maximum Gasteiger partial charge on any atom is 0.316 e. The van der Waals surface area contributed by atoms with Crippen molar-refractivity contribution in [1.82, 2.24) is 25.0 Å². The molecule has 0 bridgehead atoms. The highest BCUT2D eigenvalue weighted by Crippen LogP contribution is 2.24. The zero-order chi connectivity index (χ0) is 18.6. The zero-order valence-electron chi connectivity index (χ0n) is 14.6. The molecule has 0 unspecified atom stereocenters. The maximum atomic E-state index is 12.4. The van der Waals surface area contributed by atoms with E-state index in [1.807, 2.05) is 24.3 Å². The van der Waals surface area contributed by atoms with Crippen LogP contribution in [0.3, 0.4) is 0 Å². The van der Waals surface area contributed by atoms with Gasteiger partial charge in [-0.2, -0.15) is 4.98 Å². The van der Waals surface area contributed by atoms with Crippen LogP contribution in [-0.2, 0) is 0 Å². The van der Waals surface area contributed by atoms with Crippen LogP contribution in [0.2, 0.25) is 0 Å². The number of H-pyrrole nitrogens is 1. The van der Waals surface area contributed by atoms with Gasteiger partial charge in [0.05, 0.1) is 11.9 Å². The number of amides is 1. The van der Waals surface area contributed by atoms with E-state index in [2.05, 4.69) is 20.1 Å². The van der Waals surface area contributed by atoms with Crippen molar-refractivity contribution in [1.29, 1.82) is 5.41 Å². The maximum absolute atomic E-state index is 12.4. The van der Waals surface area contributed by atoms with Crippen LogP contribution >= 0.6 is 0 Å². The molecule has 0 aliphatic carbocycles. The molecule has 1 aliphatic rings. The number of nitrogens with zero attached hydrogens (tertiary/aromatic N) is 4. The first-order valence-electron chi connectivity index (χ1n) is 8.70. The molecule has 1 aromatic carbocycles. The number of benzene rings is 1. The van der Waals surface area contributed by atoms with E-state index in [9.17, 15) is 4.79 Å². The molecule has 3 aromatic rings. The first kappa shape index (κ1) is 16.9. The van der Waals surface area contributed by atoms with Crippen molar-refractivity contribution in [2.45, 2.75) is 12.8 Å². The standard InChI is InChI=1S/C19H18N6O2/c20-8-4-7-16-21-12-15(22-16)13-5-3-6-14(11-13)17-23-18(27-24-17)19(26)25-9-1-2-10-25/h3-8,11-12,20H,1-2,9-10H2,(H,21,22)/b7-4-,20-8?. The molecule has 27 heavy (non-hydrogen) atoms. The van der Waals surface area contributed by atoms with Crippen LogP contribution < -0.4 is 0 Å². The summed E-state index contributed by atoms with van der Waals surface area (Å²) < 4.78 is 5.18. The molecule has 1 fully saturated rings. The molecule has 0 saturated carbocycles. The Morgan fingerprint density at radius 2 is 2.07 bits per heavy atom. The van der Waals surface area contributed by atoms with E-state index in [0.717, 1.165) is 42.8 Å². The van der Waals surface area contributed by atoms with Crippen molar-refractivity contribution in [2.24, 2.45) is 0 Å². The van der Waals surface area contributed by atoms with Crippen molar-refractivity contribution in [2.75, 3.05) is 13.1 Å². The van der Waals surface area contributed by atoms with Gasteiger partial charge in [0.15, 0.2) is 0 Å². The Morgan fingerprint density at radius 3 is 2.89 bits per heavy atom. The largest absolute Gasteiger partial charge is 0.338 e. The van der Waals surface area contributed by atoms with E-state index >= 15 is 0 Å². The molecule has 8 heteroatoms. The molecular formula is C19H18N6O2. The summed E-state index contributed by atoms with van der Waals surface area (Å²) in [5.74, 6) is 0.858. The number of carbonyl (C=O) groups excluding carboxylic acids is 1. The summed E-state index contributed by atoms with van der Waals surface area (Å²) in [7, 11) is 0. The lowest BCUT2D eigenvalue weighted by Gasteiger charge is -2.10. The van der Waals surface area contributed by atoms with Gasteiger partial charge in [-0.25, -0.2) is 4.98 Å². The van der Waals surface area contributed by atoms with Gasteiger partial charge < -0.3 is 19.8 Å². The van der Waals surface area contributed by atoms with Gasteiger partial charge in [0, 0.05) is 30.4 Å². The van der Waals surface area contributed by atoms with E-state index in [1.165, 1.54) is 6.21 Å². The molecule has 2 aromatic heterocycles. The summed E-state index contributed by atoms with van der Waals surface area (Å²) in [4.78, 5) is 25.8. The van der Waals surface area contributed by atoms with Crippen LogP contribution in [0.4, 0.5) is 0 Å². The SMILES string of the molecule is N=C/C=C\c1ncc(-c2cccc(-c3noc(C(=O)N4CCCC4)n3)c2)[nH]1. The second-order valence-corrected chi connectivity index (χ2v) is 6.21. The van der Waals surface area contributed by atoms with Crippen LogP contribution in [0.25, 0.3) is 28.7 Å². The van der Waals surface area contributed by atoms with Crippen LogP contribution in [0.1, 0.15) is 29.4 Å². The molecule has 0 radical (unpaired) electrons. The Morgan fingerprint density at radius 1 is 1.26 bits per heavy atom. The zero-order valence-corrected chi connectivity index (χ0v) is 14.6. The molecule has 8 nitrogen and oxygen atoms in total. The molecule has 1 amide bonds. The number of hydrogen-bond acceptors (Lipinski definition) is 6. The Bertz CT molecular complexity index is 997. The minimum atomic E-state index is -0.210. The number of likely N-dealkylation sites (tertiary alicyclic amines) is 1. The van der Waals surface area contributed by atoms with Crippen LogP contribution in [-0.4, -0.2) is 50.2 Å². The first-order valence-corrected chi connectivity index (χ1v) is 8.70. The van der Waals surface area contributed by atoms with E-state index in [4.69, 9.17) is 9.93 Å². The van der Waals surface area contributed by atoms with Crippen molar-refractivity contribution < 1.29 is 9.32 Å². The molecule has 0 spiro atoms. The highest BCUT2D eigenvalue weighted by Gasteiger charge is 2.25. The monoisotopic (exact) mass is 362 g/mol. The number of allylic oxidation sites excluding steroid dienone is 1. The summed E-state index contributed by atoms with van der Waals surface area (Å²) in [6.45, 7) is 1.47. The van der Waals surface area contributed by atoms with Crippen LogP contribution in [0, 0.1) is 5.41 Å². The summed E-state index contributed by atoms with van der Waals surface area (Å²) >= 11 is 0. The molecule has 4 rings (SSSR count). The van der Waals surface area contributed by atoms with Gasteiger partial charge in [-0.1, -0.05) is 23.4 Å². The van der Waals surface area contributed by atoms with Crippen LogP contribution in [0.15, 0.2) is 41.1 Å². The topological polar surface area (TPSA) is 112 Å². The fourth-order valence-electron chi connectivity index (χ4n) is 3.02. The molecule has 1 aliphatic heterocycles. The summed E-state index contributed by atoms with van der Waals surface area (Å²) in [5.41, 5.74) is 2.49. The van der Waals surface area contributed by atoms with E-state index in [1.54, 1.807) is 23.2 Å². The summed E-state index contributed by atoms with van der Waals surface area (Å²) in [6, 6.07) is 7.60. The van der Waals surface area contributed by atoms with Gasteiger partial charge in [-0.15, -0.1) is 0 Å². The van der Waals surface area contributed by atoms with Crippen molar-refractivity contribution in [3.05, 3.63) is 48.3 Å². The van der Waals surface area contributed by atoms with Gasteiger partial charge in [-0.3, -0.25) is 4.79 Å². The van der Waals surface area contributed by atoms with E-state index in [0.29, 0.717) is 11.6 Å². The number of imidazole rings is 1. The van der Waals surface area contributed by atoms with Gasteiger partial charge in [0.1, 0.15) is 5.82 Å². The minimum absolute atomic E-state index is 0.0258. The second kappa shape index (κ2) is 7.36. The van der Waals surface area contributed by atoms with E-state index in [-0.39, 0.29) is 11.8 Å². The number of carbonyl (C=O) groups is 1. The normalized spacial score (nSPS) is 14.1. The smallest absolute Gasteiger partial charge is 0.316 e. The lowest BCUT2D eigenvalue weighted by atomic mass is 10.1. The average Bonchev–Trinajstić information content (AvgIpc) is 3.47. The summed E-state index contributed by atoms with van der Waals surface area (Å²) in [5, 5.41) is 11.0. The molecule has 3 heterocycles. The third-order valence-electron chi connectivity index (χ3n) is 4.38. The molecular weight excluding hydrogens is 344 g/mol. The molecule has 1 saturated heterocycles. The third-order valence-corrected chi connectivity index (χ3v) is 4.38. The lowest BCUT2D eigenvalue weighted by molar-refractivity contribution is 0.0743. The lowest BCUT2D eigenvalue weighted by Crippen LogP contribution is -2.27. The number of aromatic nitrogens is 4. The van der Waals surface area contributed by atoms with Gasteiger partial charge in [-0.05, 0) is 31.1 Å². The highest BCUT2D eigenvalue weighted by atomic mass is 16.5. The number of nitrogens with one attached hydrogen (secondary N) is 2. The Hall–Kier alpha value is -3.55. The average molecular weight is 362 g/mol. The molecule has 0 atom stereocenters. The van der Waals surface area contributed by atoms with Crippen molar-refractivity contribution >= 4 is 18.2 Å². The quantitative estimate of drug-likeness (QED) is 0.678. The van der Waals surface area contributed by atoms with Gasteiger partial charge >= 0.3 is 11.8 Å². The predicted octanol–water partition coefficient (Wildman–Crippen LogP) is 3.03. The predicted molar refractivity (Wildman–Crippen MR) is 100 cm³/mol. The first-order chi connectivity index (χ1) is 13.2. The third kappa shape index (κ3) is 3.55. The molecule has 2 N–H and O–H groups in total. The Kier molecular flexibility index (Phi) is 4.61. The number of rotatable bonds is 5. The van der Waals surface area contributed by atoms with E-state index < -0.39 is 0 Å². The summed E-state index contributed by atoms with van der Waals surface area (Å²) in [6.07, 6.45) is 8.25. The Balaban J connectivity index is 1.57. The van der Waals surface area contributed by atoms with Crippen LogP contribution in [0.5, 0.6) is 0 Å².